The first-order valence-electron chi connectivity index (χ1n) is 11.9. The van der Waals surface area contributed by atoms with Crippen molar-refractivity contribution >= 4 is 17.3 Å². The highest BCUT2D eigenvalue weighted by atomic mass is 16.1. The first-order valence-corrected chi connectivity index (χ1v) is 11.9. The first kappa shape index (κ1) is 23.3. The summed E-state index contributed by atoms with van der Waals surface area (Å²) in [5.41, 5.74) is 4.49. The van der Waals surface area contributed by atoms with Crippen LogP contribution in [0.4, 0.5) is 11.4 Å². The second-order valence-electron chi connectivity index (χ2n) is 9.44. The van der Waals surface area contributed by atoms with Gasteiger partial charge in [-0.15, -0.1) is 0 Å². The third kappa shape index (κ3) is 6.57. The molecule has 1 saturated carbocycles. The zero-order valence-corrected chi connectivity index (χ0v) is 19.6. The second-order valence-corrected chi connectivity index (χ2v) is 9.44. The van der Waals surface area contributed by atoms with Gasteiger partial charge in [0.2, 0.25) is 5.91 Å². The van der Waals surface area contributed by atoms with Crippen LogP contribution in [0.1, 0.15) is 82.8 Å². The minimum absolute atomic E-state index is 0.0191. The van der Waals surface area contributed by atoms with Crippen molar-refractivity contribution < 1.29 is 4.79 Å². The number of anilines is 2. The molecule has 0 radical (unpaired) electrons. The van der Waals surface area contributed by atoms with Crippen molar-refractivity contribution in [1.29, 1.82) is 0 Å². The van der Waals surface area contributed by atoms with E-state index in [1.165, 1.54) is 43.2 Å². The van der Waals surface area contributed by atoms with Crippen LogP contribution >= 0.6 is 0 Å². The highest BCUT2D eigenvalue weighted by molar-refractivity contribution is 5.94. The molecule has 4 nitrogen and oxygen atoms in total. The lowest BCUT2D eigenvalue weighted by Gasteiger charge is -2.32. The first-order chi connectivity index (χ1) is 15.0. The molecule has 1 aliphatic carbocycles. The number of rotatable bonds is 9. The Labute approximate surface area is 188 Å². The molecule has 3 rings (SSSR count). The molecular formula is C27H39N3O. The van der Waals surface area contributed by atoms with Gasteiger partial charge in [0.1, 0.15) is 0 Å². The number of hydrogen-bond acceptors (Lipinski definition) is 3. The number of nitrogens with one attached hydrogen (secondary N) is 3. The summed E-state index contributed by atoms with van der Waals surface area (Å²) in [5.74, 6) is 1.27. The molecule has 4 heteroatoms. The average molecular weight is 422 g/mol. The molecule has 0 saturated heterocycles. The Balaban J connectivity index is 1.69. The van der Waals surface area contributed by atoms with Crippen LogP contribution in [0.15, 0.2) is 48.5 Å². The van der Waals surface area contributed by atoms with Crippen LogP contribution in [0.2, 0.25) is 0 Å². The van der Waals surface area contributed by atoms with Crippen molar-refractivity contribution in [1.82, 2.24) is 5.32 Å². The molecule has 1 fully saturated rings. The molecule has 1 aliphatic rings. The van der Waals surface area contributed by atoms with Crippen LogP contribution in [-0.2, 0) is 4.79 Å². The minimum Gasteiger partial charge on any atom is -0.370 e. The van der Waals surface area contributed by atoms with E-state index in [0.29, 0.717) is 24.3 Å². The SMILES string of the molecule is CC(C)c1cccc(C(C)C)c1NC(=O)CNC(Nc1ccccc1)C1CCCCC1. The Morgan fingerprint density at radius 3 is 2.06 bits per heavy atom. The zero-order valence-electron chi connectivity index (χ0n) is 19.6. The van der Waals surface area contributed by atoms with Gasteiger partial charge in [-0.05, 0) is 53.9 Å². The summed E-state index contributed by atoms with van der Waals surface area (Å²) < 4.78 is 0. The Morgan fingerprint density at radius 2 is 1.48 bits per heavy atom. The molecule has 0 heterocycles. The lowest BCUT2D eigenvalue weighted by atomic mass is 9.86. The molecular weight excluding hydrogens is 382 g/mol. The quantitative estimate of drug-likeness (QED) is 0.406. The molecule has 0 bridgehead atoms. The Kier molecular flexibility index (Phi) is 8.53. The molecule has 168 valence electrons. The van der Waals surface area contributed by atoms with Crippen LogP contribution in [0.3, 0.4) is 0 Å². The van der Waals surface area contributed by atoms with Gasteiger partial charge >= 0.3 is 0 Å². The van der Waals surface area contributed by atoms with Crippen LogP contribution in [0.5, 0.6) is 0 Å². The maximum atomic E-state index is 13.0. The molecule has 1 unspecified atom stereocenters. The monoisotopic (exact) mass is 421 g/mol. The topological polar surface area (TPSA) is 53.2 Å². The summed E-state index contributed by atoms with van der Waals surface area (Å²) in [6.45, 7) is 9.00. The van der Waals surface area contributed by atoms with Gasteiger partial charge in [0.05, 0.1) is 12.7 Å². The summed E-state index contributed by atoms with van der Waals surface area (Å²) in [5, 5.41) is 10.4. The second kappa shape index (κ2) is 11.3. The van der Waals surface area contributed by atoms with E-state index >= 15 is 0 Å². The fraction of sp³-hybridized carbons (Fsp3) is 0.519. The fourth-order valence-electron chi connectivity index (χ4n) is 4.60. The highest BCUT2D eigenvalue weighted by Gasteiger charge is 2.24. The summed E-state index contributed by atoms with van der Waals surface area (Å²) >= 11 is 0. The van der Waals surface area contributed by atoms with Crippen LogP contribution in [0, 0.1) is 5.92 Å². The van der Waals surface area contributed by atoms with E-state index in [-0.39, 0.29) is 12.1 Å². The van der Waals surface area contributed by atoms with E-state index in [1.54, 1.807) is 0 Å². The number of benzene rings is 2. The molecule has 1 amide bonds. The molecule has 1 atom stereocenters. The summed E-state index contributed by atoms with van der Waals surface area (Å²) in [7, 11) is 0. The number of amides is 1. The molecule has 31 heavy (non-hydrogen) atoms. The predicted octanol–water partition coefficient (Wildman–Crippen LogP) is 6.48. The minimum atomic E-state index is 0.0191. The largest absolute Gasteiger partial charge is 0.370 e. The van der Waals surface area contributed by atoms with Gasteiger partial charge in [-0.1, -0.05) is 83.4 Å². The third-order valence-corrected chi connectivity index (χ3v) is 6.34. The average Bonchev–Trinajstić information content (AvgIpc) is 2.77. The summed E-state index contributed by atoms with van der Waals surface area (Å²) in [6, 6.07) is 16.6. The smallest absolute Gasteiger partial charge is 0.238 e. The molecule has 2 aromatic carbocycles. The molecule has 2 aromatic rings. The number of carbonyl (C=O) groups excluding carboxylic acids is 1. The molecule has 0 aromatic heterocycles. The van der Waals surface area contributed by atoms with Gasteiger partial charge in [0, 0.05) is 11.4 Å². The van der Waals surface area contributed by atoms with E-state index < -0.39 is 0 Å². The number of carbonyl (C=O) groups is 1. The van der Waals surface area contributed by atoms with E-state index in [2.05, 4.69) is 74.0 Å². The highest BCUT2D eigenvalue weighted by Crippen LogP contribution is 2.32. The van der Waals surface area contributed by atoms with E-state index in [4.69, 9.17) is 0 Å². The van der Waals surface area contributed by atoms with E-state index in [9.17, 15) is 4.79 Å². The summed E-state index contributed by atoms with van der Waals surface area (Å²) in [4.78, 5) is 13.0. The molecule has 0 spiro atoms. The van der Waals surface area contributed by atoms with Crippen molar-refractivity contribution in [2.75, 3.05) is 17.2 Å². The lowest BCUT2D eigenvalue weighted by Crippen LogP contribution is -2.46. The van der Waals surface area contributed by atoms with Crippen molar-refractivity contribution in [3.05, 3.63) is 59.7 Å². The Morgan fingerprint density at radius 1 is 0.871 bits per heavy atom. The lowest BCUT2D eigenvalue weighted by molar-refractivity contribution is -0.115. The maximum absolute atomic E-state index is 13.0. The van der Waals surface area contributed by atoms with Crippen molar-refractivity contribution in [3.63, 3.8) is 0 Å². The van der Waals surface area contributed by atoms with Gasteiger partial charge < -0.3 is 10.6 Å². The van der Waals surface area contributed by atoms with E-state index in [1.807, 2.05) is 18.2 Å². The van der Waals surface area contributed by atoms with Gasteiger partial charge in [-0.3, -0.25) is 10.1 Å². The third-order valence-electron chi connectivity index (χ3n) is 6.34. The molecule has 3 N–H and O–H groups in total. The van der Waals surface area contributed by atoms with Gasteiger partial charge in [0.15, 0.2) is 0 Å². The normalized spacial score (nSPS) is 15.8. The van der Waals surface area contributed by atoms with Gasteiger partial charge in [-0.2, -0.15) is 0 Å². The van der Waals surface area contributed by atoms with Crippen molar-refractivity contribution in [2.45, 2.75) is 77.8 Å². The van der Waals surface area contributed by atoms with Crippen LogP contribution in [-0.4, -0.2) is 18.6 Å². The predicted molar refractivity (Wildman–Crippen MR) is 132 cm³/mol. The van der Waals surface area contributed by atoms with Crippen LogP contribution < -0.4 is 16.0 Å². The zero-order chi connectivity index (χ0) is 22.2. The van der Waals surface area contributed by atoms with Gasteiger partial charge in [-0.25, -0.2) is 0 Å². The van der Waals surface area contributed by atoms with Crippen molar-refractivity contribution in [2.24, 2.45) is 5.92 Å². The Hall–Kier alpha value is -2.33. The van der Waals surface area contributed by atoms with Crippen molar-refractivity contribution in [3.8, 4) is 0 Å². The Bertz CT molecular complexity index is 799. The van der Waals surface area contributed by atoms with Gasteiger partial charge in [0.25, 0.3) is 0 Å². The maximum Gasteiger partial charge on any atom is 0.238 e. The standard InChI is InChI=1S/C27H39N3O/c1-19(2)23-16-11-17-24(20(3)4)26(23)30-25(31)18-28-27(21-12-7-5-8-13-21)29-22-14-9-6-10-15-22/h6,9-11,14-17,19-21,27-29H,5,7-8,12-13,18H2,1-4H3,(H,30,31). The molecule has 0 aliphatic heterocycles. The summed E-state index contributed by atoms with van der Waals surface area (Å²) in [6.07, 6.45) is 6.35. The van der Waals surface area contributed by atoms with Crippen LogP contribution in [0.25, 0.3) is 0 Å². The number of hydrogen-bond donors (Lipinski definition) is 3. The fourth-order valence-corrected chi connectivity index (χ4v) is 4.60. The number of para-hydroxylation sites is 2. The van der Waals surface area contributed by atoms with E-state index in [0.717, 1.165) is 11.4 Å².